The summed E-state index contributed by atoms with van der Waals surface area (Å²) in [5, 5.41) is 0. The predicted octanol–water partition coefficient (Wildman–Crippen LogP) is 3.69. The van der Waals surface area contributed by atoms with E-state index in [1.807, 2.05) is 0 Å². The Morgan fingerprint density at radius 3 is 2.00 bits per heavy atom. The van der Waals surface area contributed by atoms with E-state index in [-0.39, 0.29) is 0 Å². The maximum Gasteiger partial charge on any atom is 0.0153 e. The third kappa shape index (κ3) is 4.12. The topological polar surface area (TPSA) is 3.24 Å². The standard InChI is InChI=1S/C12H27N/c1-7-9-10-13(11(3)4)12(5,6)8-2/h11H,7-10H2,1-6H3. The molecule has 1 nitrogen and oxygen atoms in total. The van der Waals surface area contributed by atoms with Crippen molar-refractivity contribution in [2.24, 2.45) is 0 Å². The lowest BCUT2D eigenvalue weighted by molar-refractivity contribution is 0.0791. The molecule has 0 radical (unpaired) electrons. The Labute approximate surface area is 84.5 Å². The highest BCUT2D eigenvalue weighted by atomic mass is 15.2. The molecule has 0 rings (SSSR count). The van der Waals surface area contributed by atoms with Crippen LogP contribution in [0.25, 0.3) is 0 Å². The largest absolute Gasteiger partial charge is 0.296 e. The summed E-state index contributed by atoms with van der Waals surface area (Å²) in [6.07, 6.45) is 3.85. The lowest BCUT2D eigenvalue weighted by Gasteiger charge is -2.41. The second-order valence-electron chi connectivity index (χ2n) is 4.81. The van der Waals surface area contributed by atoms with E-state index in [9.17, 15) is 0 Å². The van der Waals surface area contributed by atoms with Crippen LogP contribution in [0, 0.1) is 0 Å². The molecule has 0 spiro atoms. The molecule has 0 bridgehead atoms. The van der Waals surface area contributed by atoms with Gasteiger partial charge in [-0.3, -0.25) is 4.90 Å². The minimum atomic E-state index is 0.364. The molecule has 1 heteroatoms. The first-order chi connectivity index (χ1) is 5.95. The van der Waals surface area contributed by atoms with E-state index in [0.29, 0.717) is 11.6 Å². The van der Waals surface area contributed by atoms with Crippen LogP contribution in [0.2, 0.25) is 0 Å². The third-order valence-corrected chi connectivity index (χ3v) is 3.02. The van der Waals surface area contributed by atoms with Crippen LogP contribution in [0.4, 0.5) is 0 Å². The van der Waals surface area contributed by atoms with Crippen molar-refractivity contribution in [3.63, 3.8) is 0 Å². The van der Waals surface area contributed by atoms with Crippen molar-refractivity contribution in [3.8, 4) is 0 Å². The molecule has 0 amide bonds. The fraction of sp³-hybridized carbons (Fsp3) is 1.00. The number of nitrogens with zero attached hydrogens (tertiary/aromatic N) is 1. The van der Waals surface area contributed by atoms with E-state index < -0.39 is 0 Å². The Kier molecular flexibility index (Phi) is 5.62. The zero-order valence-electron chi connectivity index (χ0n) is 10.4. The second kappa shape index (κ2) is 5.64. The molecule has 0 aromatic heterocycles. The highest BCUT2D eigenvalue weighted by Gasteiger charge is 2.25. The SMILES string of the molecule is CCCCN(C(C)C)C(C)(C)CC. The average molecular weight is 185 g/mol. The van der Waals surface area contributed by atoms with Crippen LogP contribution in [0.1, 0.15) is 60.8 Å². The number of rotatable bonds is 6. The Hall–Kier alpha value is -0.0400. The highest BCUT2D eigenvalue weighted by molar-refractivity contribution is 4.82. The summed E-state index contributed by atoms with van der Waals surface area (Å²) >= 11 is 0. The molecule has 0 aliphatic heterocycles. The molecule has 0 unspecified atom stereocenters. The summed E-state index contributed by atoms with van der Waals surface area (Å²) in [6, 6.07) is 0.668. The van der Waals surface area contributed by atoms with E-state index in [2.05, 4.69) is 46.4 Å². The first kappa shape index (κ1) is 13.0. The minimum Gasteiger partial charge on any atom is -0.296 e. The van der Waals surface area contributed by atoms with Gasteiger partial charge in [-0.1, -0.05) is 20.3 Å². The normalized spacial score (nSPS) is 12.9. The quantitative estimate of drug-likeness (QED) is 0.610. The van der Waals surface area contributed by atoms with Gasteiger partial charge in [0.2, 0.25) is 0 Å². The molecule has 0 aliphatic carbocycles. The average Bonchev–Trinajstić information content (AvgIpc) is 2.04. The first-order valence-electron chi connectivity index (χ1n) is 5.72. The molecule has 0 fully saturated rings. The van der Waals surface area contributed by atoms with Crippen molar-refractivity contribution in [2.45, 2.75) is 72.4 Å². The van der Waals surface area contributed by atoms with Gasteiger partial charge in [-0.15, -0.1) is 0 Å². The lowest BCUT2D eigenvalue weighted by atomic mass is 9.97. The van der Waals surface area contributed by atoms with E-state index in [1.165, 1.54) is 25.8 Å². The van der Waals surface area contributed by atoms with Gasteiger partial charge in [-0.25, -0.2) is 0 Å². The molecule has 0 aromatic carbocycles. The maximum absolute atomic E-state index is 2.62. The molecule has 0 aliphatic rings. The molecule has 80 valence electrons. The van der Waals surface area contributed by atoms with Crippen molar-refractivity contribution in [3.05, 3.63) is 0 Å². The summed E-state index contributed by atoms with van der Waals surface area (Å²) in [5.74, 6) is 0. The molecule has 0 saturated heterocycles. The zero-order valence-corrected chi connectivity index (χ0v) is 10.4. The van der Waals surface area contributed by atoms with Gasteiger partial charge in [0.05, 0.1) is 0 Å². The van der Waals surface area contributed by atoms with Gasteiger partial charge in [0.1, 0.15) is 0 Å². The van der Waals surface area contributed by atoms with Crippen molar-refractivity contribution >= 4 is 0 Å². The first-order valence-corrected chi connectivity index (χ1v) is 5.72. The monoisotopic (exact) mass is 185 g/mol. The van der Waals surface area contributed by atoms with E-state index in [4.69, 9.17) is 0 Å². The van der Waals surface area contributed by atoms with Crippen LogP contribution in [-0.4, -0.2) is 23.0 Å². The maximum atomic E-state index is 2.62. The smallest absolute Gasteiger partial charge is 0.0153 e. The van der Waals surface area contributed by atoms with Crippen LogP contribution in [0.15, 0.2) is 0 Å². The fourth-order valence-corrected chi connectivity index (χ4v) is 1.79. The van der Waals surface area contributed by atoms with E-state index >= 15 is 0 Å². The summed E-state index contributed by atoms with van der Waals surface area (Å²) < 4.78 is 0. The highest BCUT2D eigenvalue weighted by Crippen LogP contribution is 2.21. The van der Waals surface area contributed by atoms with Crippen LogP contribution < -0.4 is 0 Å². The minimum absolute atomic E-state index is 0.364. The third-order valence-electron chi connectivity index (χ3n) is 3.02. The Morgan fingerprint density at radius 1 is 1.15 bits per heavy atom. The van der Waals surface area contributed by atoms with Gasteiger partial charge >= 0.3 is 0 Å². The molecule has 0 aromatic rings. The van der Waals surface area contributed by atoms with Crippen LogP contribution in [0.3, 0.4) is 0 Å². The van der Waals surface area contributed by atoms with Gasteiger partial charge in [-0.05, 0) is 47.1 Å². The van der Waals surface area contributed by atoms with Crippen LogP contribution >= 0.6 is 0 Å². The Morgan fingerprint density at radius 2 is 1.69 bits per heavy atom. The van der Waals surface area contributed by atoms with Gasteiger partial charge in [0.15, 0.2) is 0 Å². The van der Waals surface area contributed by atoms with Gasteiger partial charge < -0.3 is 0 Å². The number of hydrogen-bond donors (Lipinski definition) is 0. The molecular formula is C12H27N. The van der Waals surface area contributed by atoms with Gasteiger partial charge in [-0.2, -0.15) is 0 Å². The molecule has 0 saturated carbocycles. The fourth-order valence-electron chi connectivity index (χ4n) is 1.79. The number of unbranched alkanes of at least 4 members (excludes halogenated alkanes) is 1. The van der Waals surface area contributed by atoms with Crippen molar-refractivity contribution in [2.75, 3.05) is 6.54 Å². The van der Waals surface area contributed by atoms with Crippen LogP contribution in [0.5, 0.6) is 0 Å². The zero-order chi connectivity index (χ0) is 10.5. The van der Waals surface area contributed by atoms with Gasteiger partial charge in [0, 0.05) is 11.6 Å². The molecule has 0 heterocycles. The summed E-state index contributed by atoms with van der Waals surface area (Å²) in [4.78, 5) is 2.62. The van der Waals surface area contributed by atoms with Crippen molar-refractivity contribution in [1.29, 1.82) is 0 Å². The summed E-state index contributed by atoms with van der Waals surface area (Å²) in [5.41, 5.74) is 0.364. The van der Waals surface area contributed by atoms with E-state index in [0.717, 1.165) is 0 Å². The molecular weight excluding hydrogens is 158 g/mol. The second-order valence-corrected chi connectivity index (χ2v) is 4.81. The summed E-state index contributed by atoms with van der Waals surface area (Å²) in [6.45, 7) is 15.1. The Balaban J connectivity index is 4.23. The van der Waals surface area contributed by atoms with Crippen molar-refractivity contribution < 1.29 is 0 Å². The lowest BCUT2D eigenvalue weighted by Crippen LogP contribution is -2.47. The van der Waals surface area contributed by atoms with Gasteiger partial charge in [0.25, 0.3) is 0 Å². The van der Waals surface area contributed by atoms with Crippen molar-refractivity contribution in [1.82, 2.24) is 4.90 Å². The van der Waals surface area contributed by atoms with E-state index in [1.54, 1.807) is 0 Å². The predicted molar refractivity (Wildman–Crippen MR) is 61.1 cm³/mol. The van der Waals surface area contributed by atoms with Crippen LogP contribution in [-0.2, 0) is 0 Å². The molecule has 0 atom stereocenters. The number of hydrogen-bond acceptors (Lipinski definition) is 1. The molecule has 0 N–H and O–H groups in total. The molecule has 13 heavy (non-hydrogen) atoms. The summed E-state index contributed by atoms with van der Waals surface area (Å²) in [7, 11) is 0. The Bertz CT molecular complexity index is 127.